The summed E-state index contributed by atoms with van der Waals surface area (Å²) in [6, 6.07) is 3.44. The molecular formula is C20H31N5O3. The summed E-state index contributed by atoms with van der Waals surface area (Å²) in [6.45, 7) is 4.09. The van der Waals surface area contributed by atoms with Gasteiger partial charge in [-0.15, -0.1) is 0 Å². The third-order valence-electron chi connectivity index (χ3n) is 5.23. The highest BCUT2D eigenvalue weighted by atomic mass is 16.5. The summed E-state index contributed by atoms with van der Waals surface area (Å²) in [5.41, 5.74) is 0.950. The van der Waals surface area contributed by atoms with E-state index in [-0.39, 0.29) is 24.2 Å². The van der Waals surface area contributed by atoms with Crippen LogP contribution in [0.2, 0.25) is 0 Å². The molecule has 2 heterocycles. The van der Waals surface area contributed by atoms with Gasteiger partial charge < -0.3 is 25.6 Å². The Morgan fingerprint density at radius 2 is 2.04 bits per heavy atom. The van der Waals surface area contributed by atoms with Crippen molar-refractivity contribution >= 4 is 12.1 Å². The van der Waals surface area contributed by atoms with Gasteiger partial charge in [-0.25, -0.2) is 14.6 Å². The van der Waals surface area contributed by atoms with Crippen LogP contribution in [-0.2, 0) is 6.54 Å². The number of pyridine rings is 1. The number of rotatable bonds is 6. The van der Waals surface area contributed by atoms with Crippen LogP contribution in [-0.4, -0.2) is 53.7 Å². The molecule has 0 spiro atoms. The lowest BCUT2D eigenvalue weighted by Crippen LogP contribution is -2.45. The summed E-state index contributed by atoms with van der Waals surface area (Å²) < 4.78 is 5.98. The number of carbonyl (C=O) groups excluding carboxylic acids is 2. The minimum atomic E-state index is -0.227. The first-order valence-corrected chi connectivity index (χ1v) is 10.3. The van der Waals surface area contributed by atoms with Crippen molar-refractivity contribution in [2.75, 3.05) is 19.6 Å². The molecule has 154 valence electrons. The van der Waals surface area contributed by atoms with Gasteiger partial charge >= 0.3 is 12.1 Å². The topological polar surface area (TPSA) is 95.6 Å². The molecule has 0 aromatic carbocycles. The van der Waals surface area contributed by atoms with E-state index in [0.717, 1.165) is 24.8 Å². The van der Waals surface area contributed by atoms with Crippen molar-refractivity contribution in [1.82, 2.24) is 25.8 Å². The lowest BCUT2D eigenvalue weighted by Gasteiger charge is -2.22. The molecule has 1 unspecified atom stereocenters. The molecule has 3 rings (SSSR count). The second-order valence-electron chi connectivity index (χ2n) is 7.47. The molecule has 0 radical (unpaired) electrons. The quantitative estimate of drug-likeness (QED) is 0.696. The number of hydrogen-bond acceptors (Lipinski definition) is 4. The van der Waals surface area contributed by atoms with E-state index < -0.39 is 0 Å². The lowest BCUT2D eigenvalue weighted by molar-refractivity contribution is 0.148. The van der Waals surface area contributed by atoms with Crippen LogP contribution in [0.4, 0.5) is 9.59 Å². The van der Waals surface area contributed by atoms with Gasteiger partial charge in [-0.05, 0) is 50.7 Å². The smallest absolute Gasteiger partial charge is 0.317 e. The standard InChI is InChI=1S/C20H31N5O3/c1-2-21-20(27)25-11-9-16(14-25)24-19(26)23-13-15-8-10-22-18(12-15)28-17-6-4-3-5-7-17/h8,10,12,16-17H,2-7,9,11,13-14H2,1H3,(H,21,27)(H2,23,24,26). The minimum Gasteiger partial charge on any atom is -0.474 e. The summed E-state index contributed by atoms with van der Waals surface area (Å²) in [6.07, 6.45) is 8.61. The number of hydrogen-bond donors (Lipinski definition) is 3. The van der Waals surface area contributed by atoms with Crippen LogP contribution in [0.3, 0.4) is 0 Å². The van der Waals surface area contributed by atoms with E-state index in [1.807, 2.05) is 19.1 Å². The second-order valence-corrected chi connectivity index (χ2v) is 7.47. The highest BCUT2D eigenvalue weighted by Gasteiger charge is 2.26. The van der Waals surface area contributed by atoms with Gasteiger partial charge in [0.05, 0.1) is 0 Å². The zero-order valence-electron chi connectivity index (χ0n) is 16.6. The monoisotopic (exact) mass is 389 g/mol. The molecule has 1 aromatic heterocycles. The van der Waals surface area contributed by atoms with Gasteiger partial charge in [-0.1, -0.05) is 6.42 Å². The Balaban J connectivity index is 1.41. The zero-order chi connectivity index (χ0) is 19.8. The molecule has 4 amide bonds. The predicted octanol–water partition coefficient (Wildman–Crippen LogP) is 2.40. The summed E-state index contributed by atoms with van der Waals surface area (Å²) in [4.78, 5) is 30.0. The Kier molecular flexibility index (Phi) is 7.33. The molecule has 2 aliphatic rings. The highest BCUT2D eigenvalue weighted by molar-refractivity contribution is 5.76. The van der Waals surface area contributed by atoms with Crippen molar-refractivity contribution < 1.29 is 14.3 Å². The molecule has 2 fully saturated rings. The number of aromatic nitrogens is 1. The third-order valence-corrected chi connectivity index (χ3v) is 5.23. The molecule has 28 heavy (non-hydrogen) atoms. The zero-order valence-corrected chi connectivity index (χ0v) is 16.6. The normalized spacial score (nSPS) is 19.9. The second kappa shape index (κ2) is 10.1. The van der Waals surface area contributed by atoms with E-state index in [0.29, 0.717) is 32.1 Å². The Hall–Kier alpha value is -2.51. The van der Waals surface area contributed by atoms with Gasteiger partial charge in [0.1, 0.15) is 6.10 Å². The highest BCUT2D eigenvalue weighted by Crippen LogP contribution is 2.22. The van der Waals surface area contributed by atoms with Crippen LogP contribution in [0.5, 0.6) is 5.88 Å². The van der Waals surface area contributed by atoms with Crippen molar-refractivity contribution in [1.29, 1.82) is 0 Å². The largest absolute Gasteiger partial charge is 0.474 e. The van der Waals surface area contributed by atoms with Crippen LogP contribution in [0.1, 0.15) is 51.0 Å². The van der Waals surface area contributed by atoms with Gasteiger partial charge in [-0.3, -0.25) is 0 Å². The van der Waals surface area contributed by atoms with Crippen LogP contribution in [0, 0.1) is 0 Å². The van der Waals surface area contributed by atoms with Crippen molar-refractivity contribution in [3.05, 3.63) is 23.9 Å². The average molecular weight is 390 g/mol. The maximum absolute atomic E-state index is 12.2. The number of nitrogens with zero attached hydrogens (tertiary/aromatic N) is 2. The van der Waals surface area contributed by atoms with Crippen LogP contribution in [0.15, 0.2) is 18.3 Å². The SMILES string of the molecule is CCNC(=O)N1CCC(NC(=O)NCc2ccnc(OC3CCCCC3)c2)C1. The summed E-state index contributed by atoms with van der Waals surface area (Å²) in [5.74, 6) is 0.625. The van der Waals surface area contributed by atoms with E-state index in [2.05, 4.69) is 20.9 Å². The van der Waals surface area contributed by atoms with E-state index in [4.69, 9.17) is 4.74 Å². The van der Waals surface area contributed by atoms with E-state index in [1.165, 1.54) is 19.3 Å². The molecule has 1 aliphatic heterocycles. The third kappa shape index (κ3) is 6.00. The maximum Gasteiger partial charge on any atom is 0.317 e. The predicted molar refractivity (Wildman–Crippen MR) is 106 cm³/mol. The fourth-order valence-corrected chi connectivity index (χ4v) is 3.72. The summed E-state index contributed by atoms with van der Waals surface area (Å²) in [7, 11) is 0. The summed E-state index contributed by atoms with van der Waals surface area (Å²) >= 11 is 0. The molecule has 1 atom stereocenters. The fraction of sp³-hybridized carbons (Fsp3) is 0.650. The van der Waals surface area contributed by atoms with Crippen molar-refractivity contribution in [2.45, 2.75) is 64.1 Å². The number of urea groups is 2. The van der Waals surface area contributed by atoms with E-state index >= 15 is 0 Å². The van der Waals surface area contributed by atoms with Crippen molar-refractivity contribution in [2.24, 2.45) is 0 Å². The van der Waals surface area contributed by atoms with Crippen molar-refractivity contribution in [3.63, 3.8) is 0 Å². The van der Waals surface area contributed by atoms with Gasteiger partial charge in [0, 0.05) is 44.5 Å². The Bertz CT molecular complexity index is 663. The van der Waals surface area contributed by atoms with Gasteiger partial charge in [0.15, 0.2) is 0 Å². The first kappa shape index (κ1) is 20.2. The van der Waals surface area contributed by atoms with Gasteiger partial charge in [0.25, 0.3) is 0 Å². The van der Waals surface area contributed by atoms with Gasteiger partial charge in [0.2, 0.25) is 5.88 Å². The molecular weight excluding hydrogens is 358 g/mol. The average Bonchev–Trinajstić information content (AvgIpc) is 3.16. The number of amides is 4. The molecule has 1 saturated carbocycles. The van der Waals surface area contributed by atoms with E-state index in [1.54, 1.807) is 11.1 Å². The molecule has 8 heteroatoms. The number of ether oxygens (including phenoxy) is 1. The number of likely N-dealkylation sites (tertiary alicyclic amines) is 1. The van der Waals surface area contributed by atoms with Crippen LogP contribution < -0.4 is 20.7 Å². The fourth-order valence-electron chi connectivity index (χ4n) is 3.72. The van der Waals surface area contributed by atoms with E-state index in [9.17, 15) is 9.59 Å². The molecule has 1 aromatic rings. The Labute approximate surface area is 166 Å². The lowest BCUT2D eigenvalue weighted by atomic mass is 9.98. The first-order chi connectivity index (χ1) is 13.6. The number of carbonyl (C=O) groups is 2. The number of nitrogens with one attached hydrogen (secondary N) is 3. The van der Waals surface area contributed by atoms with Gasteiger partial charge in [-0.2, -0.15) is 0 Å². The molecule has 3 N–H and O–H groups in total. The first-order valence-electron chi connectivity index (χ1n) is 10.3. The molecule has 8 nitrogen and oxygen atoms in total. The van der Waals surface area contributed by atoms with Crippen LogP contribution >= 0.6 is 0 Å². The van der Waals surface area contributed by atoms with Crippen LogP contribution in [0.25, 0.3) is 0 Å². The maximum atomic E-state index is 12.2. The van der Waals surface area contributed by atoms with Crippen molar-refractivity contribution in [3.8, 4) is 5.88 Å². The Morgan fingerprint density at radius 1 is 1.21 bits per heavy atom. The minimum absolute atomic E-state index is 0.0229. The molecule has 1 aliphatic carbocycles. The molecule has 0 bridgehead atoms. The molecule has 1 saturated heterocycles. The summed E-state index contributed by atoms with van der Waals surface area (Å²) in [5, 5.41) is 8.59. The Morgan fingerprint density at radius 3 is 2.82 bits per heavy atom.